The molecule has 0 spiro atoms. The summed E-state index contributed by atoms with van der Waals surface area (Å²) in [6, 6.07) is 13.7. The fourth-order valence-electron chi connectivity index (χ4n) is 3.68. The standard InChI is InChI=1S/C22H16ClF3N2O4/c23-14-8-4-7-13(11-14)15-9-10-16(32-15)18-17(19(29)12-5-2-1-3-6-12)21(31,22(24,25)26)28-20(30)27-18/h1-11,17-18,31H,(H2,27,28,30)/t17-,18+,21-/m0/s1. The van der Waals surface area contributed by atoms with Gasteiger partial charge in [-0.25, -0.2) is 4.79 Å². The van der Waals surface area contributed by atoms with Crippen LogP contribution in [0.25, 0.3) is 11.3 Å². The molecule has 2 amide bonds. The molecular formula is C22H16ClF3N2O4. The third-order valence-electron chi connectivity index (χ3n) is 5.19. The second kappa shape index (κ2) is 7.99. The Morgan fingerprint density at radius 2 is 1.78 bits per heavy atom. The van der Waals surface area contributed by atoms with Gasteiger partial charge in [-0.3, -0.25) is 4.79 Å². The topological polar surface area (TPSA) is 91.6 Å². The maximum Gasteiger partial charge on any atom is 0.437 e. The number of nitrogens with one attached hydrogen (secondary N) is 2. The van der Waals surface area contributed by atoms with E-state index in [-0.39, 0.29) is 17.1 Å². The normalized spacial score (nSPS) is 23.3. The third kappa shape index (κ3) is 3.85. The summed E-state index contributed by atoms with van der Waals surface area (Å²) >= 11 is 5.98. The highest BCUT2D eigenvalue weighted by Gasteiger charge is 2.66. The van der Waals surface area contributed by atoms with Crippen molar-refractivity contribution >= 4 is 23.4 Å². The Hall–Kier alpha value is -3.30. The van der Waals surface area contributed by atoms with Gasteiger partial charge in [0.2, 0.25) is 5.72 Å². The van der Waals surface area contributed by atoms with Crippen molar-refractivity contribution < 1.29 is 32.3 Å². The highest BCUT2D eigenvalue weighted by atomic mass is 35.5. The average molecular weight is 465 g/mol. The van der Waals surface area contributed by atoms with Gasteiger partial charge in [-0.05, 0) is 24.3 Å². The van der Waals surface area contributed by atoms with Gasteiger partial charge in [0, 0.05) is 16.1 Å². The molecule has 1 aromatic heterocycles. The number of furan rings is 1. The van der Waals surface area contributed by atoms with E-state index in [1.54, 1.807) is 30.3 Å². The van der Waals surface area contributed by atoms with Crippen LogP contribution >= 0.6 is 11.6 Å². The number of carbonyl (C=O) groups excluding carboxylic acids is 2. The van der Waals surface area contributed by atoms with E-state index in [1.165, 1.54) is 41.7 Å². The van der Waals surface area contributed by atoms with Crippen molar-refractivity contribution in [3.05, 3.63) is 83.1 Å². The van der Waals surface area contributed by atoms with Crippen molar-refractivity contribution in [2.75, 3.05) is 0 Å². The van der Waals surface area contributed by atoms with Crippen LogP contribution in [0.2, 0.25) is 5.02 Å². The first kappa shape index (κ1) is 21.9. The molecule has 0 unspecified atom stereocenters. The molecule has 0 aliphatic carbocycles. The summed E-state index contributed by atoms with van der Waals surface area (Å²) in [4.78, 5) is 25.2. The quantitative estimate of drug-likeness (QED) is 0.488. The van der Waals surface area contributed by atoms with E-state index in [9.17, 15) is 27.9 Å². The highest BCUT2D eigenvalue weighted by Crippen LogP contribution is 2.44. The zero-order valence-electron chi connectivity index (χ0n) is 16.2. The number of hydrogen-bond donors (Lipinski definition) is 3. The molecular weight excluding hydrogens is 449 g/mol. The molecule has 1 saturated heterocycles. The molecule has 2 heterocycles. The van der Waals surface area contributed by atoms with E-state index in [1.807, 2.05) is 0 Å². The molecule has 6 nitrogen and oxygen atoms in total. The van der Waals surface area contributed by atoms with E-state index < -0.39 is 35.7 Å². The van der Waals surface area contributed by atoms with Crippen molar-refractivity contribution in [3.8, 4) is 11.3 Å². The fraction of sp³-hybridized carbons (Fsp3) is 0.182. The molecule has 32 heavy (non-hydrogen) atoms. The van der Waals surface area contributed by atoms with Crippen LogP contribution in [0.15, 0.2) is 71.1 Å². The van der Waals surface area contributed by atoms with Gasteiger partial charge in [0.1, 0.15) is 23.5 Å². The van der Waals surface area contributed by atoms with Crippen LogP contribution in [-0.2, 0) is 0 Å². The Labute approximate surface area is 185 Å². The number of amides is 2. The van der Waals surface area contributed by atoms with Crippen LogP contribution in [0.3, 0.4) is 0 Å². The number of aliphatic hydroxyl groups is 1. The summed E-state index contributed by atoms with van der Waals surface area (Å²) in [7, 11) is 0. The van der Waals surface area contributed by atoms with Gasteiger partial charge in [0.25, 0.3) is 0 Å². The van der Waals surface area contributed by atoms with Gasteiger partial charge in [-0.15, -0.1) is 0 Å². The first-order chi connectivity index (χ1) is 15.1. The lowest BCUT2D eigenvalue weighted by Gasteiger charge is -2.44. The number of benzene rings is 2. The number of urea groups is 1. The van der Waals surface area contributed by atoms with E-state index in [2.05, 4.69) is 5.32 Å². The lowest BCUT2D eigenvalue weighted by Crippen LogP contribution is -2.72. The molecule has 1 aliphatic heterocycles. The summed E-state index contributed by atoms with van der Waals surface area (Å²) in [5.74, 6) is -3.06. The number of Topliss-reactive ketones (excluding diaryl/α,β-unsaturated/α-hetero) is 1. The highest BCUT2D eigenvalue weighted by molar-refractivity contribution is 6.30. The summed E-state index contributed by atoms with van der Waals surface area (Å²) in [5.41, 5.74) is -3.35. The number of rotatable bonds is 4. The first-order valence-electron chi connectivity index (χ1n) is 9.43. The second-order valence-electron chi connectivity index (χ2n) is 7.26. The van der Waals surface area contributed by atoms with Crippen LogP contribution < -0.4 is 10.6 Å². The second-order valence-corrected chi connectivity index (χ2v) is 7.70. The molecule has 0 radical (unpaired) electrons. The van der Waals surface area contributed by atoms with Gasteiger partial charge < -0.3 is 20.2 Å². The predicted octanol–water partition coefficient (Wildman–Crippen LogP) is 4.70. The van der Waals surface area contributed by atoms with Crippen molar-refractivity contribution in [1.82, 2.24) is 10.6 Å². The Bertz CT molecular complexity index is 1170. The molecule has 0 saturated carbocycles. The van der Waals surface area contributed by atoms with Gasteiger partial charge >= 0.3 is 12.2 Å². The SMILES string of the molecule is O=C1N[C@H](c2ccc(-c3cccc(Cl)c3)o2)[C@@H](C(=O)c2ccccc2)[C@](O)(C(F)(F)F)N1. The lowest BCUT2D eigenvalue weighted by molar-refractivity contribution is -0.288. The summed E-state index contributed by atoms with van der Waals surface area (Å²) in [5, 5.41) is 14.8. The summed E-state index contributed by atoms with van der Waals surface area (Å²) < 4.78 is 47.5. The van der Waals surface area contributed by atoms with Crippen molar-refractivity contribution in [2.24, 2.45) is 5.92 Å². The van der Waals surface area contributed by atoms with Crippen molar-refractivity contribution in [2.45, 2.75) is 17.9 Å². The van der Waals surface area contributed by atoms with E-state index in [0.29, 0.717) is 10.6 Å². The molecule has 1 fully saturated rings. The van der Waals surface area contributed by atoms with Gasteiger partial charge in [-0.1, -0.05) is 54.1 Å². The number of ketones is 1. The van der Waals surface area contributed by atoms with Crippen molar-refractivity contribution in [3.63, 3.8) is 0 Å². The van der Waals surface area contributed by atoms with Gasteiger partial charge in [-0.2, -0.15) is 13.2 Å². The third-order valence-corrected chi connectivity index (χ3v) is 5.42. The minimum absolute atomic E-state index is 0.0651. The average Bonchev–Trinajstić information content (AvgIpc) is 3.23. The summed E-state index contributed by atoms with van der Waals surface area (Å²) in [6.07, 6.45) is -5.35. The molecule has 3 atom stereocenters. The van der Waals surface area contributed by atoms with Gasteiger partial charge in [0.05, 0.1) is 0 Å². The number of hydrogen-bond acceptors (Lipinski definition) is 4. The Kier molecular flexibility index (Phi) is 5.47. The van der Waals surface area contributed by atoms with Crippen molar-refractivity contribution in [1.29, 1.82) is 0 Å². The summed E-state index contributed by atoms with van der Waals surface area (Å²) in [6.45, 7) is 0. The minimum atomic E-state index is -5.35. The molecule has 4 rings (SSSR count). The molecule has 3 N–H and O–H groups in total. The smallest absolute Gasteiger partial charge is 0.437 e. The molecule has 166 valence electrons. The first-order valence-corrected chi connectivity index (χ1v) is 9.80. The van der Waals surface area contributed by atoms with E-state index in [0.717, 1.165) is 0 Å². The fourth-order valence-corrected chi connectivity index (χ4v) is 3.87. The van der Waals surface area contributed by atoms with Crippen LogP contribution in [0.1, 0.15) is 22.2 Å². The maximum atomic E-state index is 13.9. The molecule has 0 bridgehead atoms. The molecule has 1 aliphatic rings. The van der Waals surface area contributed by atoms with Crippen LogP contribution in [0.5, 0.6) is 0 Å². The predicted molar refractivity (Wildman–Crippen MR) is 109 cm³/mol. The Balaban J connectivity index is 1.81. The van der Waals surface area contributed by atoms with Crippen LogP contribution in [0.4, 0.5) is 18.0 Å². The number of halogens is 4. The molecule has 3 aromatic rings. The number of carbonyl (C=O) groups is 2. The van der Waals surface area contributed by atoms with Crippen LogP contribution in [0, 0.1) is 5.92 Å². The zero-order valence-corrected chi connectivity index (χ0v) is 16.9. The Morgan fingerprint density at radius 1 is 1.06 bits per heavy atom. The molecule has 10 heteroatoms. The van der Waals surface area contributed by atoms with Crippen LogP contribution in [-0.4, -0.2) is 28.8 Å². The minimum Gasteiger partial charge on any atom is -0.459 e. The Morgan fingerprint density at radius 3 is 2.44 bits per heavy atom. The largest absolute Gasteiger partial charge is 0.459 e. The number of alkyl halides is 3. The zero-order chi connectivity index (χ0) is 23.1. The maximum absolute atomic E-state index is 13.9. The lowest BCUT2D eigenvalue weighted by atomic mass is 9.79. The molecule has 2 aromatic carbocycles. The van der Waals surface area contributed by atoms with Gasteiger partial charge in [0.15, 0.2) is 5.78 Å². The van der Waals surface area contributed by atoms with E-state index in [4.69, 9.17) is 16.0 Å². The monoisotopic (exact) mass is 464 g/mol. The van der Waals surface area contributed by atoms with E-state index >= 15 is 0 Å².